The highest BCUT2D eigenvalue weighted by molar-refractivity contribution is 5.71. The topological polar surface area (TPSA) is 29.5 Å². The molecule has 0 aromatic heterocycles. The number of nitrogens with zero attached hydrogens (tertiary/aromatic N) is 1. The van der Waals surface area contributed by atoms with Crippen LogP contribution >= 0.6 is 0 Å². The highest BCUT2D eigenvalue weighted by Crippen LogP contribution is 2.19. The van der Waals surface area contributed by atoms with Crippen molar-refractivity contribution in [2.24, 2.45) is 0 Å². The molecule has 19 heavy (non-hydrogen) atoms. The first-order valence-electron chi connectivity index (χ1n) is 6.87. The smallest absolute Gasteiger partial charge is 0.320 e. The number of carbonyl (C=O) groups excluding carboxylic acids is 1. The molecule has 0 amide bonds. The molecule has 0 fully saturated rings. The van der Waals surface area contributed by atoms with Crippen molar-refractivity contribution < 1.29 is 9.53 Å². The largest absolute Gasteiger partial charge is 0.465 e. The van der Waals surface area contributed by atoms with E-state index in [2.05, 4.69) is 39.0 Å². The molecule has 1 aromatic carbocycles. The van der Waals surface area contributed by atoms with E-state index in [0.717, 1.165) is 6.54 Å². The molecule has 0 spiro atoms. The van der Waals surface area contributed by atoms with Crippen LogP contribution in [0.25, 0.3) is 0 Å². The molecule has 0 atom stereocenters. The van der Waals surface area contributed by atoms with Crippen molar-refractivity contribution in [1.82, 2.24) is 4.90 Å². The number of aryl methyl sites for hydroxylation is 1. The van der Waals surface area contributed by atoms with Crippen molar-refractivity contribution in [3.8, 4) is 0 Å². The minimum atomic E-state index is -0.164. The third kappa shape index (κ3) is 5.03. The van der Waals surface area contributed by atoms with Gasteiger partial charge in [0.2, 0.25) is 0 Å². The number of likely N-dealkylation sites (N-methyl/N-ethyl adjacent to an activating group) is 1. The van der Waals surface area contributed by atoms with Crippen molar-refractivity contribution in [1.29, 1.82) is 0 Å². The van der Waals surface area contributed by atoms with E-state index in [1.165, 1.54) is 16.7 Å². The SMILES string of the molecule is CCOC(=O)CN(C)Cc1cc(C(C)C)ccc1C. The summed E-state index contributed by atoms with van der Waals surface area (Å²) in [5.74, 6) is 0.359. The summed E-state index contributed by atoms with van der Waals surface area (Å²) in [7, 11) is 1.94. The number of benzene rings is 1. The number of esters is 1. The van der Waals surface area contributed by atoms with E-state index in [9.17, 15) is 4.79 Å². The van der Waals surface area contributed by atoms with Crippen LogP contribution in [0.4, 0.5) is 0 Å². The number of carbonyl (C=O) groups is 1. The third-order valence-electron chi connectivity index (χ3n) is 3.18. The van der Waals surface area contributed by atoms with Crippen molar-refractivity contribution in [3.63, 3.8) is 0 Å². The van der Waals surface area contributed by atoms with Crippen LogP contribution in [0.5, 0.6) is 0 Å². The summed E-state index contributed by atoms with van der Waals surface area (Å²) in [5.41, 5.74) is 3.88. The molecule has 1 rings (SSSR count). The summed E-state index contributed by atoms with van der Waals surface area (Å²) < 4.78 is 4.96. The first-order chi connectivity index (χ1) is 8.93. The van der Waals surface area contributed by atoms with Gasteiger partial charge in [-0.15, -0.1) is 0 Å². The Bertz CT molecular complexity index is 427. The number of hydrogen-bond acceptors (Lipinski definition) is 3. The lowest BCUT2D eigenvalue weighted by Crippen LogP contribution is -2.27. The predicted octanol–water partition coefficient (Wildman–Crippen LogP) is 3.11. The van der Waals surface area contributed by atoms with Gasteiger partial charge in [-0.05, 0) is 43.5 Å². The van der Waals surface area contributed by atoms with Crippen LogP contribution < -0.4 is 0 Å². The molecular weight excluding hydrogens is 238 g/mol. The van der Waals surface area contributed by atoms with Gasteiger partial charge in [0, 0.05) is 6.54 Å². The zero-order valence-electron chi connectivity index (χ0n) is 12.7. The fourth-order valence-electron chi connectivity index (χ4n) is 1.99. The highest BCUT2D eigenvalue weighted by atomic mass is 16.5. The van der Waals surface area contributed by atoms with Gasteiger partial charge in [0.05, 0.1) is 13.2 Å². The van der Waals surface area contributed by atoms with Gasteiger partial charge < -0.3 is 4.74 Å². The van der Waals surface area contributed by atoms with E-state index >= 15 is 0 Å². The first kappa shape index (κ1) is 15.7. The number of hydrogen-bond donors (Lipinski definition) is 0. The highest BCUT2D eigenvalue weighted by Gasteiger charge is 2.10. The Kier molecular flexibility index (Phi) is 6.03. The molecular formula is C16H25NO2. The fraction of sp³-hybridized carbons (Fsp3) is 0.562. The molecule has 0 bridgehead atoms. The minimum absolute atomic E-state index is 0.164. The molecule has 0 N–H and O–H groups in total. The second-order valence-corrected chi connectivity index (χ2v) is 5.32. The first-order valence-corrected chi connectivity index (χ1v) is 6.87. The molecule has 0 unspecified atom stereocenters. The molecule has 3 nitrogen and oxygen atoms in total. The normalized spacial score (nSPS) is 11.1. The number of ether oxygens (including phenoxy) is 1. The standard InChI is InChI=1S/C16H25NO2/c1-6-19-16(18)11-17(5)10-15-9-14(12(2)3)8-7-13(15)4/h7-9,12H,6,10-11H2,1-5H3. The maximum Gasteiger partial charge on any atom is 0.320 e. The Balaban J connectivity index is 2.70. The van der Waals surface area contributed by atoms with E-state index < -0.39 is 0 Å². The molecule has 0 heterocycles. The third-order valence-corrected chi connectivity index (χ3v) is 3.18. The van der Waals surface area contributed by atoms with E-state index in [-0.39, 0.29) is 5.97 Å². The lowest BCUT2D eigenvalue weighted by Gasteiger charge is -2.18. The quantitative estimate of drug-likeness (QED) is 0.739. The monoisotopic (exact) mass is 263 g/mol. The maximum atomic E-state index is 11.4. The summed E-state index contributed by atoms with van der Waals surface area (Å²) in [4.78, 5) is 13.4. The van der Waals surface area contributed by atoms with Crippen molar-refractivity contribution in [3.05, 3.63) is 34.9 Å². The lowest BCUT2D eigenvalue weighted by molar-refractivity contribution is -0.144. The molecule has 0 saturated heterocycles. The van der Waals surface area contributed by atoms with E-state index in [0.29, 0.717) is 19.1 Å². The summed E-state index contributed by atoms with van der Waals surface area (Å²) in [6.07, 6.45) is 0. The van der Waals surface area contributed by atoms with Gasteiger partial charge in [0.15, 0.2) is 0 Å². The van der Waals surface area contributed by atoms with E-state index in [4.69, 9.17) is 4.74 Å². The second kappa shape index (κ2) is 7.29. The van der Waals surface area contributed by atoms with E-state index in [1.54, 1.807) is 0 Å². The summed E-state index contributed by atoms with van der Waals surface area (Å²) >= 11 is 0. The van der Waals surface area contributed by atoms with Gasteiger partial charge in [-0.1, -0.05) is 32.0 Å². The summed E-state index contributed by atoms with van der Waals surface area (Å²) in [6, 6.07) is 6.57. The summed E-state index contributed by atoms with van der Waals surface area (Å²) in [6.45, 7) is 9.86. The second-order valence-electron chi connectivity index (χ2n) is 5.32. The molecule has 0 aliphatic carbocycles. The summed E-state index contributed by atoms with van der Waals surface area (Å²) in [5, 5.41) is 0. The van der Waals surface area contributed by atoms with Crippen LogP contribution in [0.1, 0.15) is 43.4 Å². The van der Waals surface area contributed by atoms with Crippen molar-refractivity contribution in [2.45, 2.75) is 40.2 Å². The molecule has 0 aliphatic heterocycles. The zero-order chi connectivity index (χ0) is 14.4. The van der Waals surface area contributed by atoms with Gasteiger partial charge in [0.25, 0.3) is 0 Å². The Labute approximate surface area is 116 Å². The fourth-order valence-corrected chi connectivity index (χ4v) is 1.99. The Morgan fingerprint density at radius 1 is 1.37 bits per heavy atom. The van der Waals surface area contributed by atoms with Crippen molar-refractivity contribution >= 4 is 5.97 Å². The van der Waals surface area contributed by atoms with Crippen LogP contribution in [-0.4, -0.2) is 31.1 Å². The molecule has 0 saturated carbocycles. The molecule has 106 valence electrons. The van der Waals surface area contributed by atoms with Crippen LogP contribution in [0, 0.1) is 6.92 Å². The molecule has 3 heteroatoms. The average molecular weight is 263 g/mol. The van der Waals surface area contributed by atoms with Crippen LogP contribution in [0.2, 0.25) is 0 Å². The van der Waals surface area contributed by atoms with Gasteiger partial charge in [0.1, 0.15) is 0 Å². The van der Waals surface area contributed by atoms with Gasteiger partial charge >= 0.3 is 5.97 Å². The molecule has 0 aliphatic rings. The molecule has 1 aromatic rings. The minimum Gasteiger partial charge on any atom is -0.465 e. The Morgan fingerprint density at radius 3 is 2.63 bits per heavy atom. The zero-order valence-corrected chi connectivity index (χ0v) is 12.7. The van der Waals surface area contributed by atoms with E-state index in [1.807, 2.05) is 18.9 Å². The van der Waals surface area contributed by atoms with Crippen LogP contribution in [0.3, 0.4) is 0 Å². The Hall–Kier alpha value is -1.35. The van der Waals surface area contributed by atoms with Crippen molar-refractivity contribution in [2.75, 3.05) is 20.2 Å². The predicted molar refractivity (Wildman–Crippen MR) is 78.2 cm³/mol. The van der Waals surface area contributed by atoms with Gasteiger partial charge in [-0.2, -0.15) is 0 Å². The number of rotatable bonds is 6. The van der Waals surface area contributed by atoms with Crippen LogP contribution in [-0.2, 0) is 16.1 Å². The lowest BCUT2D eigenvalue weighted by atomic mass is 9.97. The average Bonchev–Trinajstić information content (AvgIpc) is 2.31. The maximum absolute atomic E-state index is 11.4. The van der Waals surface area contributed by atoms with Gasteiger partial charge in [-0.25, -0.2) is 0 Å². The Morgan fingerprint density at radius 2 is 2.05 bits per heavy atom. The molecule has 0 radical (unpaired) electrons. The van der Waals surface area contributed by atoms with Gasteiger partial charge in [-0.3, -0.25) is 9.69 Å². The van der Waals surface area contributed by atoms with Crippen LogP contribution in [0.15, 0.2) is 18.2 Å².